The highest BCUT2D eigenvalue weighted by atomic mass is 35.5. The topological polar surface area (TPSA) is 40.6 Å². The molecule has 0 amide bonds. The lowest BCUT2D eigenvalue weighted by Crippen LogP contribution is -2.48. The van der Waals surface area contributed by atoms with Crippen molar-refractivity contribution in [1.29, 1.82) is 0 Å². The molecular formula is C13H21ClN2O2S2. The number of thiophene rings is 1. The molecule has 2 atom stereocenters. The lowest BCUT2D eigenvalue weighted by atomic mass is 9.94. The Labute approximate surface area is 130 Å². The largest absolute Gasteiger partial charge is 0.282 e. The van der Waals surface area contributed by atoms with Gasteiger partial charge < -0.3 is 0 Å². The molecule has 114 valence electrons. The van der Waals surface area contributed by atoms with Gasteiger partial charge in [-0.3, -0.25) is 0 Å². The van der Waals surface area contributed by atoms with Crippen molar-refractivity contribution in [3.05, 3.63) is 21.3 Å². The highest BCUT2D eigenvalue weighted by Gasteiger charge is 2.33. The van der Waals surface area contributed by atoms with Crippen LogP contribution in [-0.2, 0) is 16.8 Å². The molecule has 1 aromatic heterocycles. The van der Waals surface area contributed by atoms with Crippen molar-refractivity contribution in [2.24, 2.45) is 11.8 Å². The Morgan fingerprint density at radius 2 is 1.95 bits per heavy atom. The molecular weight excluding hydrogens is 316 g/mol. The van der Waals surface area contributed by atoms with Crippen LogP contribution < -0.4 is 0 Å². The van der Waals surface area contributed by atoms with Gasteiger partial charge in [-0.15, -0.1) is 11.3 Å². The number of halogens is 1. The van der Waals surface area contributed by atoms with Crippen LogP contribution in [0.2, 0.25) is 4.34 Å². The maximum atomic E-state index is 12.6. The molecule has 0 aliphatic carbocycles. The van der Waals surface area contributed by atoms with E-state index in [0.717, 1.165) is 11.3 Å². The molecule has 4 nitrogen and oxygen atoms in total. The van der Waals surface area contributed by atoms with Crippen molar-refractivity contribution in [1.82, 2.24) is 8.61 Å². The second-order valence-electron chi connectivity index (χ2n) is 5.73. The van der Waals surface area contributed by atoms with E-state index >= 15 is 0 Å². The zero-order valence-electron chi connectivity index (χ0n) is 12.0. The van der Waals surface area contributed by atoms with Crippen LogP contribution in [0.4, 0.5) is 0 Å². The van der Waals surface area contributed by atoms with Crippen molar-refractivity contribution in [2.45, 2.75) is 26.8 Å². The first-order chi connectivity index (χ1) is 9.29. The van der Waals surface area contributed by atoms with Gasteiger partial charge in [0.2, 0.25) is 0 Å². The third-order valence-electron chi connectivity index (χ3n) is 3.56. The maximum absolute atomic E-state index is 12.6. The number of nitrogens with zero attached hydrogens (tertiary/aromatic N) is 2. The molecule has 1 aromatic rings. The summed E-state index contributed by atoms with van der Waals surface area (Å²) < 4.78 is 28.9. The number of hydrogen-bond donors (Lipinski definition) is 0. The summed E-state index contributed by atoms with van der Waals surface area (Å²) in [6, 6.07) is 3.67. The molecule has 7 heteroatoms. The Morgan fingerprint density at radius 3 is 2.45 bits per heavy atom. The van der Waals surface area contributed by atoms with Gasteiger partial charge in [-0.25, -0.2) is 0 Å². The summed E-state index contributed by atoms with van der Waals surface area (Å²) in [5.74, 6) is 0.830. The quantitative estimate of drug-likeness (QED) is 0.847. The second kappa shape index (κ2) is 6.32. The first kappa shape index (κ1) is 16.2. The van der Waals surface area contributed by atoms with Crippen LogP contribution >= 0.6 is 22.9 Å². The molecule has 1 aliphatic rings. The van der Waals surface area contributed by atoms with Crippen molar-refractivity contribution in [3.63, 3.8) is 0 Å². The molecule has 1 aliphatic heterocycles. The van der Waals surface area contributed by atoms with E-state index in [2.05, 4.69) is 13.8 Å². The molecule has 2 rings (SSSR count). The minimum atomic E-state index is -3.39. The minimum absolute atomic E-state index is 0.374. The predicted octanol–water partition coefficient (Wildman–Crippen LogP) is 3.06. The molecule has 0 saturated carbocycles. The monoisotopic (exact) mass is 336 g/mol. The summed E-state index contributed by atoms with van der Waals surface area (Å²) in [7, 11) is -1.75. The van der Waals surface area contributed by atoms with E-state index in [1.807, 2.05) is 6.07 Å². The lowest BCUT2D eigenvalue weighted by molar-refractivity contribution is 0.211. The molecule has 1 fully saturated rings. The fraction of sp³-hybridized carbons (Fsp3) is 0.692. The zero-order valence-corrected chi connectivity index (χ0v) is 14.4. The van der Waals surface area contributed by atoms with Crippen LogP contribution in [0.3, 0.4) is 0 Å². The molecule has 0 N–H and O–H groups in total. The normalized spacial score (nSPS) is 25.2. The Hall–Kier alpha value is -0.140. The fourth-order valence-corrected chi connectivity index (χ4v) is 5.53. The number of hydrogen-bond acceptors (Lipinski definition) is 3. The first-order valence-corrected chi connectivity index (χ1v) is 9.33. The highest BCUT2D eigenvalue weighted by molar-refractivity contribution is 7.86. The number of rotatable bonds is 4. The molecule has 1 saturated heterocycles. The van der Waals surface area contributed by atoms with Crippen molar-refractivity contribution in [3.8, 4) is 0 Å². The van der Waals surface area contributed by atoms with E-state index in [0.29, 0.717) is 35.8 Å². The van der Waals surface area contributed by atoms with Crippen LogP contribution in [0.1, 0.15) is 25.1 Å². The van der Waals surface area contributed by atoms with Gasteiger partial charge in [-0.05, 0) is 30.4 Å². The van der Waals surface area contributed by atoms with E-state index in [4.69, 9.17) is 11.6 Å². The van der Waals surface area contributed by atoms with Crippen LogP contribution in [-0.4, -0.2) is 37.2 Å². The summed E-state index contributed by atoms with van der Waals surface area (Å²) >= 11 is 7.31. The van der Waals surface area contributed by atoms with Gasteiger partial charge in [-0.2, -0.15) is 17.0 Å². The highest BCUT2D eigenvalue weighted by Crippen LogP contribution is 2.27. The van der Waals surface area contributed by atoms with Crippen LogP contribution in [0, 0.1) is 11.8 Å². The average Bonchev–Trinajstić information content (AvgIpc) is 2.73. The maximum Gasteiger partial charge on any atom is 0.282 e. The fourth-order valence-electron chi connectivity index (χ4n) is 2.73. The Bertz CT molecular complexity index is 548. The lowest BCUT2D eigenvalue weighted by Gasteiger charge is -2.36. The van der Waals surface area contributed by atoms with Crippen molar-refractivity contribution < 1.29 is 8.42 Å². The Balaban J connectivity index is 2.08. The van der Waals surface area contributed by atoms with Crippen LogP contribution in [0.25, 0.3) is 0 Å². The van der Waals surface area contributed by atoms with Crippen LogP contribution in [0.5, 0.6) is 0 Å². The zero-order chi connectivity index (χ0) is 14.9. The SMILES string of the molecule is CC1CC(C)CN(S(=O)(=O)N(C)Cc2ccc(Cl)s2)C1. The Morgan fingerprint density at radius 1 is 1.35 bits per heavy atom. The molecule has 0 bridgehead atoms. The van der Waals surface area contributed by atoms with Gasteiger partial charge >= 0.3 is 0 Å². The van der Waals surface area contributed by atoms with Gasteiger partial charge in [0.05, 0.1) is 4.34 Å². The summed E-state index contributed by atoms with van der Waals surface area (Å²) in [6.07, 6.45) is 1.09. The van der Waals surface area contributed by atoms with Crippen molar-refractivity contribution in [2.75, 3.05) is 20.1 Å². The molecule has 2 unspecified atom stereocenters. The Kier molecular flexibility index (Phi) is 5.13. The van der Waals surface area contributed by atoms with Gasteiger partial charge in [0.1, 0.15) is 0 Å². The third-order valence-corrected chi connectivity index (χ3v) is 6.65. The second-order valence-corrected chi connectivity index (χ2v) is 9.57. The molecule has 0 spiro atoms. The number of piperidine rings is 1. The standard InChI is InChI=1S/C13H21ClN2O2S2/c1-10-6-11(2)8-16(7-10)20(17,18)15(3)9-12-4-5-13(14)19-12/h4-5,10-11H,6-9H2,1-3H3. The van der Waals surface area contributed by atoms with E-state index in [1.165, 1.54) is 15.6 Å². The minimum Gasteiger partial charge on any atom is -0.195 e. The summed E-state index contributed by atoms with van der Waals surface area (Å²) in [5, 5.41) is 0. The van der Waals surface area contributed by atoms with Gasteiger partial charge in [0.15, 0.2) is 0 Å². The van der Waals surface area contributed by atoms with E-state index in [-0.39, 0.29) is 0 Å². The average molecular weight is 337 g/mol. The third kappa shape index (κ3) is 3.74. The van der Waals surface area contributed by atoms with Crippen molar-refractivity contribution >= 4 is 33.1 Å². The predicted molar refractivity (Wildman–Crippen MR) is 84.2 cm³/mol. The van der Waals surface area contributed by atoms with Gasteiger partial charge in [0, 0.05) is 31.6 Å². The van der Waals surface area contributed by atoms with E-state index < -0.39 is 10.2 Å². The molecule has 0 aromatic carbocycles. The van der Waals surface area contributed by atoms with Crippen LogP contribution in [0.15, 0.2) is 12.1 Å². The summed E-state index contributed by atoms with van der Waals surface area (Å²) in [5.41, 5.74) is 0. The van der Waals surface area contributed by atoms with E-state index in [1.54, 1.807) is 17.4 Å². The van der Waals surface area contributed by atoms with Gasteiger partial charge in [0.25, 0.3) is 10.2 Å². The molecule has 20 heavy (non-hydrogen) atoms. The smallest absolute Gasteiger partial charge is 0.195 e. The van der Waals surface area contributed by atoms with E-state index in [9.17, 15) is 8.42 Å². The molecule has 2 heterocycles. The molecule has 0 radical (unpaired) electrons. The summed E-state index contributed by atoms with van der Waals surface area (Å²) in [6.45, 7) is 5.82. The first-order valence-electron chi connectivity index (χ1n) is 6.74. The summed E-state index contributed by atoms with van der Waals surface area (Å²) in [4.78, 5) is 0.958. The van der Waals surface area contributed by atoms with Gasteiger partial charge in [-0.1, -0.05) is 25.4 Å².